The zero-order valence-corrected chi connectivity index (χ0v) is 40.9. The predicted molar refractivity (Wildman–Crippen MR) is 259 cm³/mol. The largest absolute Gasteiger partial charge is 0.481 e. The molecule has 2 aliphatic rings. The normalized spacial score (nSPS) is 18.7. The number of carboxylic acids is 3. The average molecular weight is 1030 g/mol. The molecule has 0 spiro atoms. The first kappa shape index (κ1) is 58.6. The van der Waals surface area contributed by atoms with Crippen LogP contribution in [0, 0.1) is 11.8 Å². The average Bonchev–Trinajstić information content (AvgIpc) is 3.36. The molecule has 73 heavy (non-hydrogen) atoms. The van der Waals surface area contributed by atoms with E-state index in [0.29, 0.717) is 116 Å². The van der Waals surface area contributed by atoms with Gasteiger partial charge in [-0.2, -0.15) is 0 Å². The number of urea groups is 1. The summed E-state index contributed by atoms with van der Waals surface area (Å²) in [6, 6.07) is 9.58. The summed E-state index contributed by atoms with van der Waals surface area (Å²) in [6.07, 6.45) is 1.14. The molecule has 1 heterocycles. The van der Waals surface area contributed by atoms with Crippen molar-refractivity contribution in [2.24, 2.45) is 11.8 Å². The number of benzene rings is 2. The highest BCUT2D eigenvalue weighted by Crippen LogP contribution is 2.30. The number of rotatable bonds is 29. The number of nitrogens with zero attached hydrogens (tertiary/aromatic N) is 4. The number of unbranched alkanes of at least 4 members (excludes halogenated alkanes) is 1. The van der Waals surface area contributed by atoms with E-state index in [1.54, 1.807) is 11.0 Å². The summed E-state index contributed by atoms with van der Waals surface area (Å²) in [7, 11) is 0. The number of hydrogen-bond donors (Lipinski definition) is 8. The topological polar surface area (TPSA) is 332 Å². The maximum atomic E-state index is 13.9. The molecule has 8 N–H and O–H groups in total. The first-order chi connectivity index (χ1) is 35.2. The number of carbonyl (C=O) groups excluding carboxylic acids is 7. The van der Waals surface area contributed by atoms with Gasteiger partial charge >= 0.3 is 23.9 Å². The SMILES string of the molecule is O=COCN1CCN(COC=O)CCN(CC(=O)NCC2CCC(C(=O)N[C@H](C(=O)NCCCC[C@H](NC(=O)N[C@@H](CCC(=O)O)C(=O)O)OC=O)c3ccc4ccccc4c3)CC2)CCN(CC(=O)O)CC1. The molecular weight excluding hydrogens is 959 g/mol. The third-order valence-corrected chi connectivity index (χ3v) is 12.7. The molecule has 4 rings (SSSR count). The van der Waals surface area contributed by atoms with Crippen molar-refractivity contribution in [2.75, 3.05) is 92.0 Å². The highest BCUT2D eigenvalue weighted by molar-refractivity contribution is 5.91. The van der Waals surface area contributed by atoms with Crippen molar-refractivity contribution in [2.45, 2.75) is 76.1 Å². The van der Waals surface area contributed by atoms with E-state index < -0.39 is 60.5 Å². The zero-order valence-electron chi connectivity index (χ0n) is 40.9. The Morgan fingerprint density at radius 3 is 1.82 bits per heavy atom. The van der Waals surface area contributed by atoms with Gasteiger partial charge < -0.3 is 56.1 Å². The summed E-state index contributed by atoms with van der Waals surface area (Å²) in [5.41, 5.74) is 0.570. The number of nitrogens with one attached hydrogen (secondary N) is 5. The lowest BCUT2D eigenvalue weighted by Crippen LogP contribution is -2.49. The first-order valence-corrected chi connectivity index (χ1v) is 24.3. The van der Waals surface area contributed by atoms with Gasteiger partial charge in [0.2, 0.25) is 17.7 Å². The number of carboxylic acid groups (broad SMARTS) is 3. The predicted octanol–water partition coefficient (Wildman–Crippen LogP) is -0.110. The van der Waals surface area contributed by atoms with Gasteiger partial charge in [0.1, 0.15) is 25.5 Å². The number of carbonyl (C=O) groups is 10. The van der Waals surface area contributed by atoms with Crippen LogP contribution in [0.15, 0.2) is 42.5 Å². The lowest BCUT2D eigenvalue weighted by atomic mass is 9.81. The summed E-state index contributed by atoms with van der Waals surface area (Å²) in [4.78, 5) is 128. The fourth-order valence-electron chi connectivity index (χ4n) is 8.59. The fraction of sp³-hybridized carbons (Fsp3) is 0.583. The Kier molecular flexibility index (Phi) is 25.8. The van der Waals surface area contributed by atoms with Gasteiger partial charge in [-0.15, -0.1) is 0 Å². The van der Waals surface area contributed by atoms with Crippen LogP contribution in [0.4, 0.5) is 4.79 Å². The van der Waals surface area contributed by atoms with Crippen molar-refractivity contribution in [3.63, 3.8) is 0 Å². The molecule has 1 aliphatic heterocycles. The molecule has 402 valence electrons. The fourth-order valence-corrected chi connectivity index (χ4v) is 8.59. The number of ether oxygens (including phenoxy) is 3. The van der Waals surface area contributed by atoms with Crippen molar-refractivity contribution >= 4 is 71.8 Å². The molecule has 25 heteroatoms. The number of hydrogen-bond acceptors (Lipinski definition) is 17. The van der Waals surface area contributed by atoms with Crippen LogP contribution >= 0.6 is 0 Å². The minimum atomic E-state index is -1.49. The van der Waals surface area contributed by atoms with Gasteiger partial charge in [0.05, 0.1) is 13.1 Å². The lowest BCUT2D eigenvalue weighted by Gasteiger charge is -2.33. The molecule has 0 unspecified atom stereocenters. The van der Waals surface area contributed by atoms with Gasteiger partial charge in [0.15, 0.2) is 6.23 Å². The monoisotopic (exact) mass is 1030 g/mol. The smallest absolute Gasteiger partial charge is 0.326 e. The molecule has 1 saturated carbocycles. The highest BCUT2D eigenvalue weighted by Gasteiger charge is 2.31. The number of amides is 5. The molecule has 0 bridgehead atoms. The molecular formula is C48H69N9O16. The molecule has 1 saturated heterocycles. The van der Waals surface area contributed by atoms with Gasteiger partial charge in [0.25, 0.3) is 19.4 Å². The minimum Gasteiger partial charge on any atom is -0.481 e. The van der Waals surface area contributed by atoms with Crippen molar-refractivity contribution in [3.05, 3.63) is 48.0 Å². The van der Waals surface area contributed by atoms with Crippen LogP contribution in [0.5, 0.6) is 0 Å². The van der Waals surface area contributed by atoms with Crippen LogP contribution in [-0.2, 0) is 57.4 Å². The van der Waals surface area contributed by atoms with Gasteiger partial charge in [-0.05, 0) is 73.3 Å². The van der Waals surface area contributed by atoms with E-state index in [2.05, 4.69) is 26.6 Å². The second kappa shape index (κ2) is 32.2. The second-order valence-electron chi connectivity index (χ2n) is 18.0. The Balaban J connectivity index is 1.29. The lowest BCUT2D eigenvalue weighted by molar-refractivity contribution is -0.141. The molecule has 3 atom stereocenters. The van der Waals surface area contributed by atoms with Gasteiger partial charge in [-0.1, -0.05) is 36.4 Å². The zero-order chi connectivity index (χ0) is 53.0. The Labute approximate surface area is 422 Å². The van der Waals surface area contributed by atoms with Crippen LogP contribution < -0.4 is 26.6 Å². The van der Waals surface area contributed by atoms with Crippen molar-refractivity contribution in [1.29, 1.82) is 0 Å². The van der Waals surface area contributed by atoms with Crippen LogP contribution in [0.3, 0.4) is 0 Å². The minimum absolute atomic E-state index is 0.0172. The van der Waals surface area contributed by atoms with Crippen LogP contribution in [0.1, 0.15) is 69.4 Å². The van der Waals surface area contributed by atoms with Crippen LogP contribution in [0.25, 0.3) is 10.8 Å². The molecule has 25 nitrogen and oxygen atoms in total. The molecule has 2 fully saturated rings. The molecule has 5 amide bonds. The molecule has 1 aliphatic carbocycles. The van der Waals surface area contributed by atoms with E-state index in [1.165, 1.54) is 0 Å². The van der Waals surface area contributed by atoms with E-state index in [9.17, 15) is 58.2 Å². The Hall–Kier alpha value is -6.96. The maximum Gasteiger partial charge on any atom is 0.326 e. The third-order valence-electron chi connectivity index (χ3n) is 12.7. The van der Waals surface area contributed by atoms with Crippen molar-refractivity contribution in [1.82, 2.24) is 46.2 Å². The van der Waals surface area contributed by atoms with Crippen LogP contribution in [-0.4, -0.2) is 200 Å². The van der Waals surface area contributed by atoms with Gasteiger partial charge in [-0.25, -0.2) is 9.59 Å². The molecule has 0 radical (unpaired) electrons. The maximum absolute atomic E-state index is 13.9. The quantitative estimate of drug-likeness (QED) is 0.0228. The van der Waals surface area contributed by atoms with Crippen LogP contribution in [0.2, 0.25) is 0 Å². The Morgan fingerprint density at radius 2 is 1.25 bits per heavy atom. The molecule has 2 aromatic rings. The van der Waals surface area contributed by atoms with Crippen molar-refractivity contribution < 1.29 is 77.5 Å². The highest BCUT2D eigenvalue weighted by atomic mass is 16.5. The summed E-state index contributed by atoms with van der Waals surface area (Å²) in [6.45, 7) is 4.47. The Morgan fingerprint density at radius 1 is 0.644 bits per heavy atom. The van der Waals surface area contributed by atoms with E-state index in [0.717, 1.165) is 10.8 Å². The molecule has 2 aromatic carbocycles. The van der Waals surface area contributed by atoms with Gasteiger partial charge in [-0.3, -0.25) is 58.0 Å². The summed E-state index contributed by atoms with van der Waals surface area (Å²) < 4.78 is 14.9. The summed E-state index contributed by atoms with van der Waals surface area (Å²) in [5, 5.41) is 43.0. The van der Waals surface area contributed by atoms with Gasteiger partial charge in [0, 0.05) is 84.2 Å². The van der Waals surface area contributed by atoms with E-state index >= 15 is 0 Å². The first-order valence-electron chi connectivity index (χ1n) is 24.3. The van der Waals surface area contributed by atoms with E-state index in [1.807, 2.05) is 51.1 Å². The third kappa shape index (κ3) is 22.1. The molecule has 0 aromatic heterocycles. The van der Waals surface area contributed by atoms with E-state index in [4.69, 9.17) is 19.3 Å². The standard InChI is InChI=1S/C48H69N9O16/c58-31-71-29-56-21-19-54(17-18-55(28-43(64)65)20-22-57(24-23-56)30-72-32-59)27-40(61)50-26-34-8-10-36(11-9-34)45(66)53-44(38-13-12-35-5-1-2-6-37(35)25-38)46(67)49-16-4-3-7-41(73-33-60)52-48(70)51-39(47(68)69)14-15-42(62)63/h1-2,5-6,12-13,25,31-34,36,39,41,44H,3-4,7-11,14-24,26-30H2,(H,49,67)(H,50,61)(H,53,66)(H,62,63)(H,64,65)(H,68,69)(H2,51,52,70)/t34?,36?,39-,41+,44-/m0/s1. The summed E-state index contributed by atoms with van der Waals surface area (Å²) >= 11 is 0. The number of fused-ring (bicyclic) bond motifs is 1. The Bertz CT molecular complexity index is 2140. The van der Waals surface area contributed by atoms with Crippen molar-refractivity contribution in [3.8, 4) is 0 Å². The second-order valence-corrected chi connectivity index (χ2v) is 18.0. The summed E-state index contributed by atoms with van der Waals surface area (Å²) in [5.74, 6) is -4.93. The number of aliphatic carboxylic acids is 3. The van der Waals surface area contributed by atoms with E-state index in [-0.39, 0.29) is 70.1 Å².